The number of amides is 1. The van der Waals surface area contributed by atoms with Gasteiger partial charge >= 0.3 is 5.69 Å². The highest BCUT2D eigenvalue weighted by Gasteiger charge is 2.16. The lowest BCUT2D eigenvalue weighted by atomic mass is 10.1. The molecule has 0 unspecified atom stereocenters. The number of rotatable bonds is 7. The van der Waals surface area contributed by atoms with Crippen LogP contribution in [0.25, 0.3) is 22.2 Å². The molecule has 0 aliphatic carbocycles. The zero-order chi connectivity index (χ0) is 23.5. The first kappa shape index (κ1) is 22.3. The molecule has 4 rings (SSSR count). The van der Waals surface area contributed by atoms with E-state index < -0.39 is 11.6 Å². The Morgan fingerprint density at radius 1 is 1.06 bits per heavy atom. The number of hydrogen-bond acceptors (Lipinski definition) is 7. The normalized spacial score (nSPS) is 10.9. The maximum atomic E-state index is 12.8. The molecule has 2 aromatic heterocycles. The number of hydrogen-bond donors (Lipinski definition) is 1. The van der Waals surface area contributed by atoms with Gasteiger partial charge in [-0.3, -0.25) is 18.7 Å². The molecule has 0 saturated carbocycles. The van der Waals surface area contributed by atoms with Crippen molar-refractivity contribution in [1.82, 2.24) is 14.1 Å². The van der Waals surface area contributed by atoms with Crippen LogP contribution >= 0.6 is 11.3 Å². The summed E-state index contributed by atoms with van der Waals surface area (Å²) >= 11 is 1.27. The van der Waals surface area contributed by atoms with Crippen molar-refractivity contribution >= 4 is 33.3 Å². The van der Waals surface area contributed by atoms with Gasteiger partial charge in [-0.25, -0.2) is 9.78 Å². The summed E-state index contributed by atoms with van der Waals surface area (Å²) in [6.45, 7) is 1.68. The van der Waals surface area contributed by atoms with Gasteiger partial charge < -0.3 is 14.8 Å². The monoisotopic (exact) mass is 466 g/mol. The summed E-state index contributed by atoms with van der Waals surface area (Å²) in [5.41, 5.74) is 0.994. The van der Waals surface area contributed by atoms with Crippen LogP contribution in [-0.4, -0.2) is 34.2 Å². The number of benzene rings is 2. The maximum Gasteiger partial charge on any atom is 0.331 e. The third-order valence-electron chi connectivity index (χ3n) is 5.18. The smallest absolute Gasteiger partial charge is 0.331 e. The van der Waals surface area contributed by atoms with Gasteiger partial charge in [0.1, 0.15) is 6.54 Å². The van der Waals surface area contributed by atoms with Crippen molar-refractivity contribution in [3.05, 3.63) is 68.7 Å². The number of anilines is 1. The number of carbonyl (C=O) groups excluding carboxylic acids is 1. The van der Waals surface area contributed by atoms with Gasteiger partial charge in [0.15, 0.2) is 16.6 Å². The maximum absolute atomic E-state index is 12.8. The Hall–Kier alpha value is -3.92. The van der Waals surface area contributed by atoms with Crippen molar-refractivity contribution in [2.75, 3.05) is 19.5 Å². The fourth-order valence-electron chi connectivity index (χ4n) is 3.56. The highest BCUT2D eigenvalue weighted by atomic mass is 32.1. The molecule has 0 bridgehead atoms. The van der Waals surface area contributed by atoms with Crippen molar-refractivity contribution in [1.29, 1.82) is 0 Å². The first-order valence-electron chi connectivity index (χ1n) is 10.2. The lowest BCUT2D eigenvalue weighted by molar-refractivity contribution is -0.116. The molecule has 0 spiro atoms. The Labute approximate surface area is 192 Å². The lowest BCUT2D eigenvalue weighted by Gasteiger charge is -2.12. The highest BCUT2D eigenvalue weighted by Crippen LogP contribution is 2.33. The van der Waals surface area contributed by atoms with Crippen molar-refractivity contribution in [2.45, 2.75) is 20.0 Å². The molecule has 2 heterocycles. The molecule has 2 aromatic carbocycles. The molecular weight excluding hydrogens is 444 g/mol. The van der Waals surface area contributed by atoms with E-state index in [0.717, 1.165) is 10.1 Å². The van der Waals surface area contributed by atoms with Gasteiger partial charge in [0, 0.05) is 17.5 Å². The zero-order valence-corrected chi connectivity index (χ0v) is 19.1. The van der Waals surface area contributed by atoms with Gasteiger partial charge in [-0.15, -0.1) is 11.3 Å². The number of thiazole rings is 1. The number of ether oxygens (including phenoxy) is 2. The average Bonchev–Trinajstić information content (AvgIpc) is 3.30. The fourth-order valence-corrected chi connectivity index (χ4v) is 4.30. The van der Waals surface area contributed by atoms with Crippen LogP contribution in [-0.2, 0) is 17.9 Å². The molecule has 33 heavy (non-hydrogen) atoms. The molecule has 0 aliphatic heterocycles. The average molecular weight is 467 g/mol. The van der Waals surface area contributed by atoms with E-state index in [4.69, 9.17) is 9.47 Å². The quantitative estimate of drug-likeness (QED) is 0.449. The molecule has 0 aliphatic rings. The van der Waals surface area contributed by atoms with Crippen LogP contribution < -0.4 is 26.0 Å². The summed E-state index contributed by atoms with van der Waals surface area (Å²) in [6.07, 6.45) is 0. The second-order valence-corrected chi connectivity index (χ2v) is 7.95. The summed E-state index contributed by atoms with van der Waals surface area (Å²) in [4.78, 5) is 42.6. The van der Waals surface area contributed by atoms with Crippen LogP contribution in [0, 0.1) is 0 Å². The Kier molecular flexibility index (Phi) is 6.27. The number of methoxy groups -OCH3 is 2. The predicted molar refractivity (Wildman–Crippen MR) is 127 cm³/mol. The SMILES string of the molecule is CCn1c(=O)c2ccccc2n(CC(=O)Nc2nc(-c3ccc(OC)c(OC)c3)cs2)c1=O. The van der Waals surface area contributed by atoms with E-state index in [2.05, 4.69) is 10.3 Å². The highest BCUT2D eigenvalue weighted by molar-refractivity contribution is 7.14. The number of aromatic nitrogens is 3. The van der Waals surface area contributed by atoms with Gasteiger partial charge in [-0.2, -0.15) is 0 Å². The topological polar surface area (TPSA) is 104 Å². The summed E-state index contributed by atoms with van der Waals surface area (Å²) in [5, 5.41) is 5.34. The minimum absolute atomic E-state index is 0.214. The van der Waals surface area contributed by atoms with Gasteiger partial charge in [0.2, 0.25) is 5.91 Å². The standard InChI is InChI=1S/C23H22N4O5S/c1-4-26-21(29)15-7-5-6-8-17(15)27(23(26)30)12-20(28)25-22-24-16(13-33-22)14-9-10-18(31-2)19(11-14)32-3/h5-11,13H,4,12H2,1-3H3,(H,24,25,28). The Morgan fingerprint density at radius 3 is 2.55 bits per heavy atom. The summed E-state index contributed by atoms with van der Waals surface area (Å²) in [7, 11) is 3.12. The first-order valence-corrected chi connectivity index (χ1v) is 11.0. The van der Waals surface area contributed by atoms with E-state index in [0.29, 0.717) is 33.2 Å². The van der Waals surface area contributed by atoms with Gasteiger partial charge in [-0.05, 0) is 37.3 Å². The predicted octanol–water partition coefficient (Wildman–Crippen LogP) is 2.96. The van der Waals surface area contributed by atoms with Crippen LogP contribution in [0.3, 0.4) is 0 Å². The number of para-hydroxylation sites is 1. The van der Waals surface area contributed by atoms with Crippen LogP contribution in [0.5, 0.6) is 11.5 Å². The minimum atomic E-state index is -0.526. The molecule has 9 nitrogen and oxygen atoms in total. The molecule has 0 saturated heterocycles. The molecule has 4 aromatic rings. The van der Waals surface area contributed by atoms with Crippen LogP contribution in [0.4, 0.5) is 5.13 Å². The van der Waals surface area contributed by atoms with Crippen molar-refractivity contribution in [3.8, 4) is 22.8 Å². The fraction of sp³-hybridized carbons (Fsp3) is 0.217. The number of fused-ring (bicyclic) bond motifs is 1. The van der Waals surface area contributed by atoms with Crippen molar-refractivity contribution in [3.63, 3.8) is 0 Å². The van der Waals surface area contributed by atoms with E-state index in [1.165, 1.54) is 15.9 Å². The first-order chi connectivity index (χ1) is 16.0. The number of carbonyl (C=O) groups is 1. The minimum Gasteiger partial charge on any atom is -0.493 e. The molecule has 10 heteroatoms. The van der Waals surface area contributed by atoms with E-state index in [1.54, 1.807) is 57.5 Å². The summed E-state index contributed by atoms with van der Waals surface area (Å²) < 4.78 is 13.0. The third kappa shape index (κ3) is 4.24. The molecular formula is C23H22N4O5S. The largest absolute Gasteiger partial charge is 0.493 e. The van der Waals surface area contributed by atoms with Crippen LogP contribution in [0.1, 0.15) is 6.92 Å². The Balaban J connectivity index is 1.59. The second kappa shape index (κ2) is 9.29. The summed E-state index contributed by atoms with van der Waals surface area (Å²) in [6, 6.07) is 12.2. The van der Waals surface area contributed by atoms with Crippen LogP contribution in [0.2, 0.25) is 0 Å². The Bertz CT molecular complexity index is 1450. The van der Waals surface area contributed by atoms with Gasteiger partial charge in [-0.1, -0.05) is 12.1 Å². The van der Waals surface area contributed by atoms with Gasteiger partial charge in [0.25, 0.3) is 5.56 Å². The molecule has 0 radical (unpaired) electrons. The van der Waals surface area contributed by atoms with E-state index >= 15 is 0 Å². The Morgan fingerprint density at radius 2 is 1.82 bits per heavy atom. The van der Waals surface area contributed by atoms with Crippen LogP contribution in [0.15, 0.2) is 57.4 Å². The lowest BCUT2D eigenvalue weighted by Crippen LogP contribution is -2.41. The van der Waals surface area contributed by atoms with Crippen molar-refractivity contribution in [2.24, 2.45) is 0 Å². The zero-order valence-electron chi connectivity index (χ0n) is 18.3. The van der Waals surface area contributed by atoms with E-state index in [-0.39, 0.29) is 18.6 Å². The second-order valence-electron chi connectivity index (χ2n) is 7.09. The summed E-state index contributed by atoms with van der Waals surface area (Å²) in [5.74, 6) is 0.763. The number of nitrogens with zero attached hydrogens (tertiary/aromatic N) is 3. The molecule has 1 N–H and O–H groups in total. The molecule has 0 fully saturated rings. The van der Waals surface area contributed by atoms with E-state index in [1.807, 2.05) is 11.4 Å². The number of nitrogens with one attached hydrogen (secondary N) is 1. The molecule has 1 amide bonds. The van der Waals surface area contributed by atoms with Gasteiger partial charge in [0.05, 0.1) is 30.8 Å². The van der Waals surface area contributed by atoms with E-state index in [9.17, 15) is 14.4 Å². The third-order valence-corrected chi connectivity index (χ3v) is 5.94. The molecule has 170 valence electrons. The molecule has 0 atom stereocenters. The van der Waals surface area contributed by atoms with Crippen molar-refractivity contribution < 1.29 is 14.3 Å².